The van der Waals surface area contributed by atoms with E-state index in [-0.39, 0.29) is 17.6 Å². The van der Waals surface area contributed by atoms with Crippen molar-refractivity contribution < 1.29 is 14.3 Å². The van der Waals surface area contributed by atoms with Crippen molar-refractivity contribution in [3.8, 4) is 11.5 Å². The molecule has 0 radical (unpaired) electrons. The van der Waals surface area contributed by atoms with E-state index in [1.807, 2.05) is 25.2 Å². The van der Waals surface area contributed by atoms with E-state index in [0.29, 0.717) is 13.0 Å². The van der Waals surface area contributed by atoms with Gasteiger partial charge in [0, 0.05) is 31.1 Å². The Hall–Kier alpha value is -1.75. The smallest absolute Gasteiger partial charge is 0.223 e. The number of ether oxygens (including phenoxy) is 2. The maximum atomic E-state index is 11.2. The number of carbonyl (C=O) groups is 1. The van der Waals surface area contributed by atoms with Gasteiger partial charge in [-0.3, -0.25) is 4.79 Å². The van der Waals surface area contributed by atoms with Gasteiger partial charge >= 0.3 is 0 Å². The minimum Gasteiger partial charge on any atom is -0.493 e. The Morgan fingerprint density at radius 2 is 2.19 bits per heavy atom. The summed E-state index contributed by atoms with van der Waals surface area (Å²) in [5, 5.41) is 5.90. The highest BCUT2D eigenvalue weighted by atomic mass is 16.5. The van der Waals surface area contributed by atoms with E-state index >= 15 is 0 Å². The molecule has 5 nitrogen and oxygen atoms in total. The van der Waals surface area contributed by atoms with Crippen LogP contribution in [0.25, 0.3) is 0 Å². The SMILES string of the molecule is CNC(=O)CCOc1ccc2c(c1)OC(C)(C)CC2NC. The zero-order valence-electron chi connectivity index (χ0n) is 13.2. The van der Waals surface area contributed by atoms with Crippen LogP contribution in [-0.4, -0.2) is 32.2 Å². The predicted molar refractivity (Wildman–Crippen MR) is 81.7 cm³/mol. The molecule has 0 fully saturated rings. The van der Waals surface area contributed by atoms with Crippen molar-refractivity contribution in [3.05, 3.63) is 23.8 Å². The Labute approximate surface area is 126 Å². The number of amides is 1. The van der Waals surface area contributed by atoms with Crippen LogP contribution in [0.3, 0.4) is 0 Å². The average Bonchev–Trinajstić information content (AvgIpc) is 2.44. The van der Waals surface area contributed by atoms with Gasteiger partial charge < -0.3 is 20.1 Å². The molecule has 5 heteroatoms. The van der Waals surface area contributed by atoms with Crippen LogP contribution in [-0.2, 0) is 4.79 Å². The fourth-order valence-electron chi connectivity index (χ4n) is 2.57. The topological polar surface area (TPSA) is 59.6 Å². The van der Waals surface area contributed by atoms with Gasteiger partial charge in [-0.05, 0) is 27.0 Å². The van der Waals surface area contributed by atoms with E-state index < -0.39 is 0 Å². The van der Waals surface area contributed by atoms with Gasteiger partial charge in [0.1, 0.15) is 17.1 Å². The third-order valence-corrected chi connectivity index (χ3v) is 3.67. The summed E-state index contributed by atoms with van der Waals surface area (Å²) in [5.74, 6) is 1.55. The molecule has 1 aliphatic rings. The van der Waals surface area contributed by atoms with E-state index in [4.69, 9.17) is 9.47 Å². The molecule has 2 N–H and O–H groups in total. The number of benzene rings is 1. The summed E-state index contributed by atoms with van der Waals surface area (Å²) in [6.45, 7) is 4.52. The summed E-state index contributed by atoms with van der Waals surface area (Å²) < 4.78 is 11.7. The van der Waals surface area contributed by atoms with Gasteiger partial charge in [-0.1, -0.05) is 6.07 Å². The summed E-state index contributed by atoms with van der Waals surface area (Å²) in [4.78, 5) is 11.2. The van der Waals surface area contributed by atoms with Gasteiger partial charge in [0.2, 0.25) is 5.91 Å². The quantitative estimate of drug-likeness (QED) is 0.872. The zero-order valence-corrected chi connectivity index (χ0v) is 13.2. The maximum absolute atomic E-state index is 11.2. The Balaban J connectivity index is 2.09. The van der Waals surface area contributed by atoms with E-state index in [0.717, 1.165) is 23.5 Å². The summed E-state index contributed by atoms with van der Waals surface area (Å²) in [6.07, 6.45) is 1.27. The van der Waals surface area contributed by atoms with Gasteiger partial charge in [-0.2, -0.15) is 0 Å². The standard InChI is InChI=1S/C16H24N2O3/c1-16(2)10-13(17-3)12-6-5-11(9-14(12)21-16)20-8-7-15(19)18-4/h5-6,9,13,17H,7-8,10H2,1-4H3,(H,18,19). The first-order chi connectivity index (χ1) is 9.95. The summed E-state index contributed by atoms with van der Waals surface area (Å²) in [7, 11) is 3.58. The Morgan fingerprint density at radius 1 is 1.43 bits per heavy atom. The first-order valence-electron chi connectivity index (χ1n) is 7.29. The molecule has 1 unspecified atom stereocenters. The van der Waals surface area contributed by atoms with Crippen molar-refractivity contribution in [3.63, 3.8) is 0 Å². The van der Waals surface area contributed by atoms with Crippen molar-refractivity contribution in [1.82, 2.24) is 10.6 Å². The minimum absolute atomic E-state index is 0.0272. The van der Waals surface area contributed by atoms with Gasteiger partial charge in [-0.25, -0.2) is 0 Å². The van der Waals surface area contributed by atoms with Crippen LogP contribution >= 0.6 is 0 Å². The summed E-state index contributed by atoms with van der Waals surface area (Å²) in [5.41, 5.74) is 0.942. The Bertz CT molecular complexity index is 514. The fourth-order valence-corrected chi connectivity index (χ4v) is 2.57. The lowest BCUT2D eigenvalue weighted by Gasteiger charge is -2.37. The lowest BCUT2D eigenvalue weighted by Crippen LogP contribution is -2.38. The predicted octanol–water partition coefficient (Wildman–Crippen LogP) is 2.02. The largest absolute Gasteiger partial charge is 0.493 e. The Kier molecular flexibility index (Phi) is 4.73. The first-order valence-corrected chi connectivity index (χ1v) is 7.29. The molecule has 1 heterocycles. The second-order valence-electron chi connectivity index (χ2n) is 5.88. The molecule has 0 saturated carbocycles. The third kappa shape index (κ3) is 3.88. The van der Waals surface area contributed by atoms with Gasteiger partial charge in [0.15, 0.2) is 0 Å². The van der Waals surface area contributed by atoms with Crippen molar-refractivity contribution in [1.29, 1.82) is 0 Å². The molecule has 21 heavy (non-hydrogen) atoms. The number of nitrogens with one attached hydrogen (secondary N) is 2. The van der Waals surface area contributed by atoms with Crippen molar-refractivity contribution >= 4 is 5.91 Å². The second kappa shape index (κ2) is 6.35. The molecule has 1 aromatic carbocycles. The molecule has 1 aromatic rings. The fraction of sp³-hybridized carbons (Fsp3) is 0.562. The lowest BCUT2D eigenvalue weighted by molar-refractivity contribution is -0.121. The average molecular weight is 292 g/mol. The number of carbonyl (C=O) groups excluding carboxylic acids is 1. The van der Waals surface area contributed by atoms with E-state index in [9.17, 15) is 4.79 Å². The molecule has 0 aliphatic carbocycles. The number of fused-ring (bicyclic) bond motifs is 1. The highest BCUT2D eigenvalue weighted by Gasteiger charge is 2.33. The molecule has 1 amide bonds. The lowest BCUT2D eigenvalue weighted by atomic mass is 9.90. The van der Waals surface area contributed by atoms with E-state index in [1.54, 1.807) is 7.05 Å². The van der Waals surface area contributed by atoms with Crippen LogP contribution in [0.15, 0.2) is 18.2 Å². The highest BCUT2D eigenvalue weighted by molar-refractivity contribution is 5.75. The van der Waals surface area contributed by atoms with Crippen molar-refractivity contribution in [2.45, 2.75) is 38.3 Å². The van der Waals surface area contributed by atoms with E-state index in [2.05, 4.69) is 24.5 Å². The number of hydrogen-bond acceptors (Lipinski definition) is 4. The summed E-state index contributed by atoms with van der Waals surface area (Å²) >= 11 is 0. The maximum Gasteiger partial charge on any atom is 0.223 e. The molecule has 2 rings (SSSR count). The molecule has 0 bridgehead atoms. The Morgan fingerprint density at radius 3 is 2.86 bits per heavy atom. The van der Waals surface area contributed by atoms with Crippen LogP contribution in [0, 0.1) is 0 Å². The molecule has 0 saturated heterocycles. The monoisotopic (exact) mass is 292 g/mol. The molecule has 0 aromatic heterocycles. The van der Waals surface area contributed by atoms with E-state index in [1.165, 1.54) is 0 Å². The van der Waals surface area contributed by atoms with Crippen LogP contribution in [0.4, 0.5) is 0 Å². The molecule has 1 aliphatic heterocycles. The van der Waals surface area contributed by atoms with Crippen LogP contribution in [0.5, 0.6) is 11.5 Å². The second-order valence-corrected chi connectivity index (χ2v) is 5.88. The highest BCUT2D eigenvalue weighted by Crippen LogP contribution is 2.40. The number of hydrogen-bond donors (Lipinski definition) is 2. The number of rotatable bonds is 5. The van der Waals surface area contributed by atoms with Gasteiger partial charge in [-0.15, -0.1) is 0 Å². The molecular weight excluding hydrogens is 268 g/mol. The molecular formula is C16H24N2O3. The third-order valence-electron chi connectivity index (χ3n) is 3.67. The van der Waals surface area contributed by atoms with Gasteiger partial charge in [0.25, 0.3) is 0 Å². The van der Waals surface area contributed by atoms with Gasteiger partial charge in [0.05, 0.1) is 13.0 Å². The van der Waals surface area contributed by atoms with Crippen LogP contribution < -0.4 is 20.1 Å². The van der Waals surface area contributed by atoms with Crippen LogP contribution in [0.2, 0.25) is 0 Å². The molecule has 1 atom stereocenters. The molecule has 0 spiro atoms. The minimum atomic E-state index is -0.207. The van der Waals surface area contributed by atoms with Crippen LogP contribution in [0.1, 0.15) is 38.3 Å². The normalized spacial score (nSPS) is 19.3. The van der Waals surface area contributed by atoms with Crippen molar-refractivity contribution in [2.75, 3.05) is 20.7 Å². The zero-order chi connectivity index (χ0) is 15.5. The molecule has 116 valence electrons. The first kappa shape index (κ1) is 15.6. The van der Waals surface area contributed by atoms with Crippen molar-refractivity contribution in [2.24, 2.45) is 0 Å². The summed E-state index contributed by atoms with van der Waals surface area (Å²) in [6, 6.07) is 6.14.